The average Bonchev–Trinajstić information content (AvgIpc) is 2.76. The van der Waals surface area contributed by atoms with Gasteiger partial charge in [0.25, 0.3) is 0 Å². The summed E-state index contributed by atoms with van der Waals surface area (Å²) in [6.45, 7) is 3.05. The van der Waals surface area contributed by atoms with Crippen LogP contribution < -0.4 is 10.6 Å². The topological polar surface area (TPSA) is 84.0 Å². The van der Waals surface area contributed by atoms with Gasteiger partial charge in [-0.25, -0.2) is 13.4 Å². The zero-order valence-electron chi connectivity index (χ0n) is 10.8. The highest BCUT2D eigenvalue weighted by Gasteiger charge is 2.09. The van der Waals surface area contributed by atoms with Crippen molar-refractivity contribution in [3.63, 3.8) is 0 Å². The van der Waals surface area contributed by atoms with Gasteiger partial charge in [0.05, 0.1) is 11.1 Å². The number of hydrogen-bond acceptors (Lipinski definition) is 7. The van der Waals surface area contributed by atoms with E-state index in [0.717, 1.165) is 16.8 Å². The molecule has 0 aliphatic heterocycles. The van der Waals surface area contributed by atoms with Crippen LogP contribution in [0.4, 0.5) is 11.8 Å². The van der Waals surface area contributed by atoms with Crippen molar-refractivity contribution in [3.05, 3.63) is 11.4 Å². The van der Waals surface area contributed by atoms with Crippen molar-refractivity contribution in [2.45, 2.75) is 6.92 Å². The smallest absolute Gasteiger partial charge is 0.226 e. The molecule has 0 bridgehead atoms. The molecular weight excluding hydrogens is 284 g/mol. The van der Waals surface area contributed by atoms with Crippen molar-refractivity contribution in [1.29, 1.82) is 0 Å². The summed E-state index contributed by atoms with van der Waals surface area (Å²) in [7, 11) is -2.97. The molecule has 0 spiro atoms. The van der Waals surface area contributed by atoms with E-state index in [4.69, 9.17) is 0 Å². The first-order valence-corrected chi connectivity index (χ1v) is 8.84. The Labute approximate surface area is 116 Å². The van der Waals surface area contributed by atoms with Crippen LogP contribution in [0.2, 0.25) is 0 Å². The molecule has 6 nitrogen and oxygen atoms in total. The van der Waals surface area contributed by atoms with Gasteiger partial charge in [-0.3, -0.25) is 0 Å². The number of sulfone groups is 1. The van der Waals surface area contributed by atoms with Crippen molar-refractivity contribution in [1.82, 2.24) is 9.97 Å². The second kappa shape index (κ2) is 5.70. The Bertz CT molecular complexity index is 666. The van der Waals surface area contributed by atoms with Crippen LogP contribution in [0.25, 0.3) is 10.2 Å². The Balaban J connectivity index is 2.22. The van der Waals surface area contributed by atoms with Crippen LogP contribution in [0.3, 0.4) is 0 Å². The lowest BCUT2D eigenvalue weighted by Crippen LogP contribution is -2.15. The van der Waals surface area contributed by atoms with Crippen LogP contribution in [0.5, 0.6) is 0 Å². The van der Waals surface area contributed by atoms with Crippen LogP contribution in [-0.2, 0) is 9.84 Å². The Morgan fingerprint density at radius 3 is 2.79 bits per heavy atom. The van der Waals surface area contributed by atoms with Gasteiger partial charge < -0.3 is 10.6 Å². The number of nitrogens with zero attached hydrogens (tertiary/aromatic N) is 2. The zero-order chi connectivity index (χ0) is 13.9. The zero-order valence-corrected chi connectivity index (χ0v) is 12.4. The molecule has 0 aliphatic rings. The molecule has 0 amide bonds. The van der Waals surface area contributed by atoms with Crippen LogP contribution in [0.15, 0.2) is 11.4 Å². The SMILES string of the molecule is CCNc1nc(NCCS(C)(=O)=O)c2ccsc2n1. The highest BCUT2D eigenvalue weighted by atomic mass is 32.2. The largest absolute Gasteiger partial charge is 0.368 e. The summed E-state index contributed by atoms with van der Waals surface area (Å²) in [6.07, 6.45) is 1.22. The fourth-order valence-corrected chi connectivity index (χ4v) is 2.82. The molecular formula is C11H16N4O2S2. The maximum atomic E-state index is 11.1. The van der Waals surface area contributed by atoms with Crippen LogP contribution in [0.1, 0.15) is 6.92 Å². The van der Waals surface area contributed by atoms with E-state index in [1.54, 1.807) is 0 Å². The first-order chi connectivity index (χ1) is 8.99. The van der Waals surface area contributed by atoms with Crippen LogP contribution in [0, 0.1) is 0 Å². The summed E-state index contributed by atoms with van der Waals surface area (Å²) in [6, 6.07) is 1.93. The Morgan fingerprint density at radius 2 is 2.11 bits per heavy atom. The van der Waals surface area contributed by atoms with Gasteiger partial charge in [-0.15, -0.1) is 11.3 Å². The monoisotopic (exact) mass is 300 g/mol. The molecule has 0 saturated carbocycles. The molecule has 0 aromatic carbocycles. The van der Waals surface area contributed by atoms with Crippen LogP contribution >= 0.6 is 11.3 Å². The van der Waals surface area contributed by atoms with E-state index < -0.39 is 9.84 Å². The number of nitrogens with one attached hydrogen (secondary N) is 2. The molecule has 0 fully saturated rings. The molecule has 0 atom stereocenters. The quantitative estimate of drug-likeness (QED) is 0.842. The number of rotatable bonds is 6. The lowest BCUT2D eigenvalue weighted by molar-refractivity contribution is 0.602. The normalized spacial score (nSPS) is 11.7. The molecule has 2 heterocycles. The Kier molecular flexibility index (Phi) is 4.20. The average molecular weight is 300 g/mol. The fourth-order valence-electron chi connectivity index (χ4n) is 1.58. The van der Waals surface area contributed by atoms with Gasteiger partial charge >= 0.3 is 0 Å². The molecule has 2 N–H and O–H groups in total. The van der Waals surface area contributed by atoms with Crippen molar-refractivity contribution >= 4 is 43.2 Å². The number of thiophene rings is 1. The van der Waals surface area contributed by atoms with Gasteiger partial charge in [0.1, 0.15) is 20.5 Å². The summed E-state index contributed by atoms with van der Waals surface area (Å²) < 4.78 is 22.2. The van der Waals surface area contributed by atoms with Gasteiger partial charge in [0, 0.05) is 19.3 Å². The molecule has 19 heavy (non-hydrogen) atoms. The summed E-state index contributed by atoms with van der Waals surface area (Å²) in [5.74, 6) is 1.31. The fraction of sp³-hybridized carbons (Fsp3) is 0.455. The van der Waals surface area contributed by atoms with E-state index in [1.807, 2.05) is 18.4 Å². The molecule has 104 valence electrons. The van der Waals surface area contributed by atoms with Gasteiger partial charge in [0.15, 0.2) is 0 Å². The lowest BCUT2D eigenvalue weighted by Gasteiger charge is -2.08. The number of fused-ring (bicyclic) bond motifs is 1. The van der Waals surface area contributed by atoms with Crippen molar-refractivity contribution in [2.24, 2.45) is 0 Å². The van der Waals surface area contributed by atoms with Gasteiger partial charge in [-0.2, -0.15) is 4.98 Å². The summed E-state index contributed by atoms with van der Waals surface area (Å²) in [5.41, 5.74) is 0. The lowest BCUT2D eigenvalue weighted by atomic mass is 10.4. The molecule has 0 saturated heterocycles. The van der Waals surface area contributed by atoms with E-state index >= 15 is 0 Å². The highest BCUT2D eigenvalue weighted by molar-refractivity contribution is 7.90. The molecule has 0 unspecified atom stereocenters. The summed E-state index contributed by atoms with van der Waals surface area (Å²) >= 11 is 1.53. The number of hydrogen-bond donors (Lipinski definition) is 2. The van der Waals surface area contributed by atoms with E-state index in [1.165, 1.54) is 17.6 Å². The van der Waals surface area contributed by atoms with Crippen molar-refractivity contribution < 1.29 is 8.42 Å². The van der Waals surface area contributed by atoms with E-state index in [9.17, 15) is 8.42 Å². The van der Waals surface area contributed by atoms with E-state index in [-0.39, 0.29) is 5.75 Å². The molecule has 2 aromatic heterocycles. The van der Waals surface area contributed by atoms with Gasteiger partial charge in [-0.05, 0) is 18.4 Å². The highest BCUT2D eigenvalue weighted by Crippen LogP contribution is 2.26. The summed E-state index contributed by atoms with van der Waals surface area (Å²) in [4.78, 5) is 9.62. The molecule has 8 heteroatoms. The Hall–Kier alpha value is -1.41. The minimum absolute atomic E-state index is 0.0825. The maximum Gasteiger partial charge on any atom is 0.226 e. The second-order valence-corrected chi connectivity index (χ2v) is 7.28. The molecule has 2 aromatic rings. The van der Waals surface area contributed by atoms with Gasteiger partial charge in [-0.1, -0.05) is 0 Å². The van der Waals surface area contributed by atoms with Crippen molar-refractivity contribution in [2.75, 3.05) is 35.7 Å². The minimum Gasteiger partial charge on any atom is -0.368 e. The molecule has 0 radical (unpaired) electrons. The predicted octanol–water partition coefficient (Wildman–Crippen LogP) is 1.58. The van der Waals surface area contributed by atoms with E-state index in [0.29, 0.717) is 18.3 Å². The Morgan fingerprint density at radius 1 is 1.32 bits per heavy atom. The molecule has 2 rings (SSSR count). The first-order valence-electron chi connectivity index (χ1n) is 5.90. The van der Waals surface area contributed by atoms with Crippen molar-refractivity contribution in [3.8, 4) is 0 Å². The third-order valence-corrected chi connectivity index (χ3v) is 4.18. The summed E-state index contributed by atoms with van der Waals surface area (Å²) in [5, 5.41) is 8.99. The first kappa shape index (κ1) is 14.0. The second-order valence-electron chi connectivity index (χ2n) is 4.12. The minimum atomic E-state index is -2.97. The third kappa shape index (κ3) is 3.77. The number of aromatic nitrogens is 2. The third-order valence-electron chi connectivity index (χ3n) is 2.43. The molecule has 0 aliphatic carbocycles. The van der Waals surface area contributed by atoms with Crippen LogP contribution in [-0.4, -0.2) is 43.5 Å². The number of anilines is 2. The van der Waals surface area contributed by atoms with E-state index in [2.05, 4.69) is 20.6 Å². The predicted molar refractivity (Wildman–Crippen MR) is 79.8 cm³/mol. The standard InChI is InChI=1S/C11H16N4O2S2/c1-3-12-11-14-9(13-5-7-19(2,16)17)8-4-6-18-10(8)15-11/h4,6H,3,5,7H2,1-2H3,(H2,12,13,14,15). The maximum absolute atomic E-state index is 11.1. The van der Waals surface area contributed by atoms with Gasteiger partial charge in [0.2, 0.25) is 5.95 Å².